The molecule has 290 valence electrons. The van der Waals surface area contributed by atoms with E-state index in [9.17, 15) is 24.3 Å². The average Bonchev–Trinajstić information content (AvgIpc) is 3.13. The van der Waals surface area contributed by atoms with Crippen LogP contribution < -0.4 is 21.4 Å². The largest absolute Gasteiger partial charge is 0.453 e. The van der Waals surface area contributed by atoms with Crippen molar-refractivity contribution >= 4 is 24.0 Å². The fourth-order valence-corrected chi connectivity index (χ4v) is 5.38. The minimum Gasteiger partial charge on any atom is -0.453 e. The summed E-state index contributed by atoms with van der Waals surface area (Å²) in [5.41, 5.74) is 4.88. The first-order chi connectivity index (χ1) is 25.0. The number of benzene rings is 2. The van der Waals surface area contributed by atoms with Gasteiger partial charge in [0.25, 0.3) is 5.91 Å². The van der Waals surface area contributed by atoms with Crippen LogP contribution in [0.2, 0.25) is 0 Å². The number of aliphatic hydroxyl groups excluding tert-OH is 1. The first kappa shape index (κ1) is 44.2. The number of methoxy groups -OCH3 is 2. The fourth-order valence-electron chi connectivity index (χ4n) is 5.38. The molecule has 1 unspecified atom stereocenters. The van der Waals surface area contributed by atoms with Crippen molar-refractivity contribution in [3.63, 3.8) is 0 Å². The van der Waals surface area contributed by atoms with Crippen molar-refractivity contribution in [2.75, 3.05) is 20.8 Å². The highest BCUT2D eigenvalue weighted by molar-refractivity contribution is 5.87. The number of nitrogens with zero attached hydrogens (tertiary/aromatic N) is 2. The van der Waals surface area contributed by atoms with Crippen LogP contribution in [0.1, 0.15) is 66.5 Å². The Morgan fingerprint density at radius 2 is 1.25 bits per heavy atom. The number of carbonyl (C=O) groups is 4. The zero-order chi connectivity index (χ0) is 39.8. The monoisotopic (exact) mass is 734 g/mol. The molecule has 5 N–H and O–H groups in total. The van der Waals surface area contributed by atoms with Crippen molar-refractivity contribution in [2.45, 2.75) is 92.6 Å². The van der Waals surface area contributed by atoms with Gasteiger partial charge < -0.3 is 30.5 Å². The van der Waals surface area contributed by atoms with Crippen LogP contribution in [0.4, 0.5) is 9.59 Å². The molecule has 0 aliphatic heterocycles. The number of aromatic nitrogens is 1. The van der Waals surface area contributed by atoms with Gasteiger partial charge in [-0.25, -0.2) is 14.6 Å². The molecule has 3 rings (SSSR count). The number of hydrogen-bond donors (Lipinski definition) is 5. The number of aliphatic hydroxyl groups is 1. The molecule has 13 heteroatoms. The van der Waals surface area contributed by atoms with E-state index in [2.05, 4.69) is 26.4 Å². The van der Waals surface area contributed by atoms with Gasteiger partial charge in [-0.3, -0.25) is 20.0 Å². The Balaban J connectivity index is 0.00000477. The summed E-state index contributed by atoms with van der Waals surface area (Å²) in [5, 5.41) is 21.6. The van der Waals surface area contributed by atoms with E-state index in [4.69, 9.17) is 9.47 Å². The number of alkyl carbamates (subject to hydrolysis) is 2. The minimum absolute atomic E-state index is 0.120. The Bertz CT molecular complexity index is 1580. The van der Waals surface area contributed by atoms with Crippen molar-refractivity contribution in [3.05, 3.63) is 90.1 Å². The van der Waals surface area contributed by atoms with E-state index in [1.807, 2.05) is 107 Å². The summed E-state index contributed by atoms with van der Waals surface area (Å²) in [7, 11) is 2.44. The molecule has 4 amide bonds. The second kappa shape index (κ2) is 20.9. The van der Waals surface area contributed by atoms with Gasteiger partial charge in [0.1, 0.15) is 12.1 Å². The van der Waals surface area contributed by atoms with Gasteiger partial charge in [0.05, 0.1) is 32.1 Å². The maximum atomic E-state index is 13.8. The predicted octanol–water partition coefficient (Wildman–Crippen LogP) is 5.24. The maximum Gasteiger partial charge on any atom is 0.407 e. The number of hydrazine groups is 1. The molecule has 0 fully saturated rings. The normalized spacial score (nSPS) is 13.6. The number of carbonyl (C=O) groups excluding carboxylic acids is 4. The summed E-state index contributed by atoms with van der Waals surface area (Å²) in [4.78, 5) is 56.3. The lowest BCUT2D eigenvalue weighted by Gasteiger charge is -2.35. The summed E-state index contributed by atoms with van der Waals surface area (Å²) in [6.45, 7) is 14.9. The van der Waals surface area contributed by atoms with Crippen LogP contribution in [0.25, 0.3) is 11.3 Å². The van der Waals surface area contributed by atoms with E-state index in [0.29, 0.717) is 0 Å². The van der Waals surface area contributed by atoms with Gasteiger partial charge in [-0.2, -0.15) is 0 Å². The van der Waals surface area contributed by atoms with Crippen LogP contribution in [-0.4, -0.2) is 84.1 Å². The van der Waals surface area contributed by atoms with Crippen molar-refractivity contribution in [2.24, 2.45) is 10.8 Å². The average molecular weight is 735 g/mol. The number of hydrogen-bond acceptors (Lipinski definition) is 9. The Kier molecular flexibility index (Phi) is 17.4. The summed E-state index contributed by atoms with van der Waals surface area (Å²) in [6, 6.07) is 19.8. The zero-order valence-electron chi connectivity index (χ0n) is 32.7. The van der Waals surface area contributed by atoms with Gasteiger partial charge in [0.2, 0.25) is 5.91 Å². The van der Waals surface area contributed by atoms with Crippen LogP contribution >= 0.6 is 0 Å². The van der Waals surface area contributed by atoms with Gasteiger partial charge >= 0.3 is 12.2 Å². The lowest BCUT2D eigenvalue weighted by atomic mass is 9.85. The van der Waals surface area contributed by atoms with Crippen molar-refractivity contribution in [3.8, 4) is 11.3 Å². The second-order valence-electron chi connectivity index (χ2n) is 14.5. The van der Waals surface area contributed by atoms with E-state index in [0.717, 1.165) is 22.4 Å². The molecule has 0 bridgehead atoms. The molecule has 0 radical (unpaired) electrons. The maximum absolute atomic E-state index is 13.8. The molecule has 1 heterocycles. The highest BCUT2D eigenvalue weighted by Crippen LogP contribution is 2.23. The molecule has 1 aromatic heterocycles. The summed E-state index contributed by atoms with van der Waals surface area (Å²) >= 11 is 0. The van der Waals surface area contributed by atoms with Gasteiger partial charge in [0, 0.05) is 24.8 Å². The van der Waals surface area contributed by atoms with Gasteiger partial charge in [0.15, 0.2) is 0 Å². The zero-order valence-corrected chi connectivity index (χ0v) is 32.7. The van der Waals surface area contributed by atoms with Gasteiger partial charge in [-0.15, -0.1) is 0 Å². The second-order valence-corrected chi connectivity index (χ2v) is 14.5. The Morgan fingerprint density at radius 3 is 1.74 bits per heavy atom. The minimum atomic E-state index is -1.22. The molecule has 2 aromatic carbocycles. The fraction of sp³-hybridized carbons (Fsp3) is 0.475. The third-order valence-corrected chi connectivity index (χ3v) is 8.21. The molecule has 0 spiro atoms. The lowest BCUT2D eigenvalue weighted by Crippen LogP contribution is -2.60. The molecule has 0 aliphatic rings. The van der Waals surface area contributed by atoms with Crippen LogP contribution in [0.15, 0.2) is 79.0 Å². The summed E-state index contributed by atoms with van der Waals surface area (Å²) < 4.78 is 9.54. The molecule has 0 saturated heterocycles. The molecular formula is C40H58N6O7. The van der Waals surface area contributed by atoms with E-state index in [1.54, 1.807) is 32.0 Å². The van der Waals surface area contributed by atoms with E-state index in [-0.39, 0.29) is 19.5 Å². The van der Waals surface area contributed by atoms with Gasteiger partial charge in [-0.05, 0) is 40.5 Å². The number of amides is 4. The van der Waals surface area contributed by atoms with E-state index >= 15 is 0 Å². The molecular weight excluding hydrogens is 676 g/mol. The summed E-state index contributed by atoms with van der Waals surface area (Å²) in [6.07, 6.45) is -0.778. The SMILES string of the molecule is CC.COC(=O)NC(C(=O)N[C@@H](Cc1ccccc1)[C@@H](O)CN(Cc1ccc(-c2ccccn2)cc1)NC(=O)[C@@H](NC(=O)OC)C(C)(C)C)C(C)(C)C. The van der Waals surface area contributed by atoms with E-state index in [1.165, 1.54) is 14.2 Å². The highest BCUT2D eigenvalue weighted by Gasteiger charge is 2.37. The lowest BCUT2D eigenvalue weighted by molar-refractivity contribution is -0.132. The van der Waals surface area contributed by atoms with Crippen LogP contribution in [0.3, 0.4) is 0 Å². The Hall–Kier alpha value is -5.01. The topological polar surface area (TPSA) is 171 Å². The molecule has 4 atom stereocenters. The molecule has 0 aliphatic carbocycles. The quantitative estimate of drug-likeness (QED) is 0.139. The molecule has 0 saturated carbocycles. The van der Waals surface area contributed by atoms with Crippen molar-refractivity contribution in [1.29, 1.82) is 0 Å². The third-order valence-electron chi connectivity index (χ3n) is 8.21. The number of rotatable bonds is 14. The highest BCUT2D eigenvalue weighted by atomic mass is 16.5. The Morgan fingerprint density at radius 1 is 0.717 bits per heavy atom. The summed E-state index contributed by atoms with van der Waals surface area (Å²) in [5.74, 6) is -1.03. The van der Waals surface area contributed by atoms with Crippen LogP contribution in [-0.2, 0) is 32.0 Å². The van der Waals surface area contributed by atoms with Crippen molar-refractivity contribution < 1.29 is 33.8 Å². The van der Waals surface area contributed by atoms with Crippen LogP contribution in [0.5, 0.6) is 0 Å². The number of nitrogens with one attached hydrogen (secondary N) is 4. The number of ether oxygens (including phenoxy) is 2. The van der Waals surface area contributed by atoms with Gasteiger partial charge in [-0.1, -0.05) is 116 Å². The smallest absolute Gasteiger partial charge is 0.407 e. The standard InChI is InChI=1S/C38H52N6O7.C2H6/c1-37(2,3)31(41-35(48)50-7)33(46)40-29(22-25-14-10-9-11-15-25)30(45)24-44(43-34(47)32(38(4,5)6)42-36(49)51-8)23-26-17-19-27(20-18-26)28-16-12-13-21-39-28;1-2/h9-21,29-32,45H,22-24H2,1-8H3,(H,40,46)(H,41,48)(H,42,49)(H,43,47);1-2H3/t29-,30-,31?,32+;/m0./s1. The predicted molar refractivity (Wildman–Crippen MR) is 205 cm³/mol. The number of pyridine rings is 1. The van der Waals surface area contributed by atoms with E-state index < -0.39 is 59.1 Å². The third kappa shape index (κ3) is 14.5. The van der Waals surface area contributed by atoms with Crippen LogP contribution in [0, 0.1) is 10.8 Å². The molecule has 13 nitrogen and oxygen atoms in total. The molecule has 53 heavy (non-hydrogen) atoms. The first-order valence-electron chi connectivity index (χ1n) is 17.8. The first-order valence-corrected chi connectivity index (χ1v) is 17.8. The molecule has 3 aromatic rings. The Labute approximate surface area is 314 Å². The van der Waals surface area contributed by atoms with Crippen molar-refractivity contribution in [1.82, 2.24) is 31.4 Å².